The van der Waals surface area contributed by atoms with Crippen molar-refractivity contribution < 1.29 is 17.9 Å². The Kier molecular flexibility index (Phi) is 11.7. The number of rotatable bonds is 8. The zero-order chi connectivity index (χ0) is 25.0. The Morgan fingerprint density at radius 2 is 2.06 bits per heavy atom. The summed E-state index contributed by atoms with van der Waals surface area (Å²) in [5, 5.41) is 0.935. The van der Waals surface area contributed by atoms with Gasteiger partial charge in [0, 0.05) is 24.5 Å². The Morgan fingerprint density at radius 1 is 1.26 bits per heavy atom. The second kappa shape index (κ2) is 14.2. The van der Waals surface area contributed by atoms with Crippen molar-refractivity contribution in [2.75, 3.05) is 33.3 Å². The monoisotopic (exact) mass is 492 g/mol. The lowest BCUT2D eigenvalue weighted by Crippen LogP contribution is -2.28. The van der Waals surface area contributed by atoms with Gasteiger partial charge in [-0.1, -0.05) is 60.4 Å². The minimum Gasteiger partial charge on any atom is -0.497 e. The van der Waals surface area contributed by atoms with Gasteiger partial charge in [-0.2, -0.15) is 13.2 Å². The lowest BCUT2D eigenvalue weighted by molar-refractivity contribution is -0.126. The number of thioether (sulfide) groups is 1. The lowest BCUT2D eigenvalue weighted by Gasteiger charge is -2.24. The molecule has 3 nitrogen and oxygen atoms in total. The van der Waals surface area contributed by atoms with Gasteiger partial charge in [0.15, 0.2) is 0 Å². The molecular formula is C27H35F3N2OS. The highest BCUT2D eigenvalue weighted by Gasteiger charge is 2.27. The first-order valence-corrected chi connectivity index (χ1v) is 12.3. The third kappa shape index (κ3) is 10.8. The van der Waals surface area contributed by atoms with Crippen LogP contribution in [0.2, 0.25) is 0 Å². The van der Waals surface area contributed by atoms with E-state index < -0.39 is 12.6 Å². The second-order valence-corrected chi connectivity index (χ2v) is 9.43. The zero-order valence-electron chi connectivity index (χ0n) is 20.3. The summed E-state index contributed by atoms with van der Waals surface area (Å²) in [6, 6.07) is 0. The van der Waals surface area contributed by atoms with Crippen molar-refractivity contribution in [2.45, 2.75) is 45.7 Å². The average molecular weight is 493 g/mol. The average Bonchev–Trinajstić information content (AvgIpc) is 2.83. The van der Waals surface area contributed by atoms with Crippen LogP contribution >= 0.6 is 11.8 Å². The molecule has 2 heterocycles. The van der Waals surface area contributed by atoms with E-state index in [9.17, 15) is 13.2 Å². The van der Waals surface area contributed by atoms with Gasteiger partial charge in [-0.3, -0.25) is 9.89 Å². The van der Waals surface area contributed by atoms with Crippen LogP contribution in [0.1, 0.15) is 39.5 Å². The standard InChI is InChI=1S/C27H35F3N2OS/c1-5-23(19-27(28,29)30)10-8-9-22(3)26-31-16-14-25(34-26)20-32-17-7-6-11-24(33-4)13-12-21(2)15-18-32/h5-6,9-14H,1,7-8,15-20H2,2-4H3/b11-6+,21-12+,22-9+,23-10+,24-13+. The molecule has 0 N–H and O–H groups in total. The molecule has 0 saturated carbocycles. The number of hydrogen-bond donors (Lipinski definition) is 0. The van der Waals surface area contributed by atoms with E-state index in [0.29, 0.717) is 13.0 Å². The van der Waals surface area contributed by atoms with Crippen LogP contribution in [-0.4, -0.2) is 49.4 Å². The molecule has 7 heteroatoms. The van der Waals surface area contributed by atoms with Crippen molar-refractivity contribution >= 4 is 16.8 Å². The summed E-state index contributed by atoms with van der Waals surface area (Å²) in [4.78, 5) is 8.32. The molecule has 2 aliphatic rings. The molecule has 0 saturated heterocycles. The summed E-state index contributed by atoms with van der Waals surface area (Å²) in [5.74, 6) is 0.856. The van der Waals surface area contributed by atoms with Gasteiger partial charge < -0.3 is 4.74 Å². The molecule has 0 aromatic carbocycles. The normalized spacial score (nSPS) is 23.5. The number of methoxy groups -OCH3 is 1. The fourth-order valence-corrected chi connectivity index (χ4v) is 4.48. The largest absolute Gasteiger partial charge is 0.497 e. The third-order valence-electron chi connectivity index (χ3n) is 5.45. The van der Waals surface area contributed by atoms with Crippen molar-refractivity contribution in [3.05, 3.63) is 82.6 Å². The van der Waals surface area contributed by atoms with Crippen molar-refractivity contribution in [1.82, 2.24) is 4.90 Å². The first kappa shape index (κ1) is 28.0. The SMILES string of the molecule is C=C/C(=C\C/C=C(\C)C1=NCC=C(CN2CC/C=C/C(OC)=C\C=C(/C)CC2)S1)CC(F)(F)F. The molecule has 186 valence electrons. The number of halogens is 3. The predicted octanol–water partition coefficient (Wildman–Crippen LogP) is 7.55. The van der Waals surface area contributed by atoms with Gasteiger partial charge in [0.1, 0.15) is 5.76 Å². The van der Waals surface area contributed by atoms with E-state index in [0.717, 1.165) is 48.9 Å². The maximum atomic E-state index is 12.6. The van der Waals surface area contributed by atoms with Crippen LogP contribution in [0.15, 0.2) is 87.6 Å². The molecule has 2 rings (SSSR count). The highest BCUT2D eigenvalue weighted by molar-refractivity contribution is 8.17. The summed E-state index contributed by atoms with van der Waals surface area (Å²) < 4.78 is 43.2. The van der Waals surface area contributed by atoms with Crippen LogP contribution in [0.5, 0.6) is 0 Å². The summed E-state index contributed by atoms with van der Waals surface area (Å²) in [7, 11) is 1.69. The second-order valence-electron chi connectivity index (χ2n) is 8.32. The Morgan fingerprint density at radius 3 is 2.76 bits per heavy atom. The van der Waals surface area contributed by atoms with Crippen molar-refractivity contribution in [3.8, 4) is 0 Å². The minimum atomic E-state index is -4.22. The number of hydrogen-bond acceptors (Lipinski definition) is 4. The Bertz CT molecular complexity index is 921. The summed E-state index contributed by atoms with van der Waals surface area (Å²) in [6.45, 7) is 11.0. The topological polar surface area (TPSA) is 24.8 Å². The third-order valence-corrected chi connectivity index (χ3v) is 6.66. The molecule has 0 aromatic rings. The maximum Gasteiger partial charge on any atom is 0.393 e. The Balaban J connectivity index is 1.96. The van der Waals surface area contributed by atoms with E-state index in [1.54, 1.807) is 24.9 Å². The van der Waals surface area contributed by atoms with Crippen LogP contribution in [0.4, 0.5) is 13.2 Å². The van der Waals surface area contributed by atoms with E-state index in [1.165, 1.54) is 16.6 Å². The molecule has 0 bridgehead atoms. The molecule has 2 aliphatic heterocycles. The van der Waals surface area contributed by atoms with Crippen LogP contribution in [0.3, 0.4) is 0 Å². The van der Waals surface area contributed by atoms with Gasteiger partial charge in [-0.15, -0.1) is 0 Å². The first-order valence-electron chi connectivity index (χ1n) is 11.5. The van der Waals surface area contributed by atoms with Crippen molar-refractivity contribution in [3.63, 3.8) is 0 Å². The molecular weight excluding hydrogens is 457 g/mol. The molecule has 0 radical (unpaired) electrons. The fraction of sp³-hybridized carbons (Fsp3) is 0.444. The molecule has 0 aliphatic carbocycles. The number of nitrogens with zero attached hydrogens (tertiary/aromatic N) is 2. The zero-order valence-corrected chi connectivity index (χ0v) is 21.1. The fourth-order valence-electron chi connectivity index (χ4n) is 3.44. The van der Waals surface area contributed by atoms with Crippen LogP contribution in [0.25, 0.3) is 0 Å². The molecule has 0 atom stereocenters. The van der Waals surface area contributed by atoms with Crippen LogP contribution < -0.4 is 0 Å². The van der Waals surface area contributed by atoms with Gasteiger partial charge in [-0.05, 0) is 56.4 Å². The van der Waals surface area contributed by atoms with Gasteiger partial charge in [0.2, 0.25) is 0 Å². The van der Waals surface area contributed by atoms with E-state index >= 15 is 0 Å². The smallest absolute Gasteiger partial charge is 0.393 e. The molecule has 0 spiro atoms. The maximum absolute atomic E-state index is 12.6. The molecule has 0 aromatic heterocycles. The first-order chi connectivity index (χ1) is 16.2. The van der Waals surface area contributed by atoms with Crippen molar-refractivity contribution in [1.29, 1.82) is 0 Å². The van der Waals surface area contributed by atoms with E-state index in [2.05, 4.69) is 41.6 Å². The molecule has 0 fully saturated rings. The molecule has 34 heavy (non-hydrogen) atoms. The highest BCUT2D eigenvalue weighted by Crippen LogP contribution is 2.28. The number of ether oxygens (including phenoxy) is 1. The van der Waals surface area contributed by atoms with E-state index in [1.807, 2.05) is 25.2 Å². The van der Waals surface area contributed by atoms with E-state index in [4.69, 9.17) is 4.74 Å². The van der Waals surface area contributed by atoms with E-state index in [-0.39, 0.29) is 5.57 Å². The van der Waals surface area contributed by atoms with Gasteiger partial charge in [-0.25, -0.2) is 0 Å². The summed E-state index contributed by atoms with van der Waals surface area (Å²) in [5.41, 5.74) is 2.49. The van der Waals surface area contributed by atoms with Gasteiger partial charge >= 0.3 is 6.18 Å². The van der Waals surface area contributed by atoms with Gasteiger partial charge in [0.05, 0.1) is 25.1 Å². The van der Waals surface area contributed by atoms with Crippen molar-refractivity contribution in [2.24, 2.45) is 4.99 Å². The molecule has 0 unspecified atom stereocenters. The summed E-state index contributed by atoms with van der Waals surface area (Å²) >= 11 is 1.66. The van der Waals surface area contributed by atoms with Crippen LogP contribution in [-0.2, 0) is 4.74 Å². The van der Waals surface area contributed by atoms with Gasteiger partial charge in [0.25, 0.3) is 0 Å². The molecule has 0 amide bonds. The predicted molar refractivity (Wildman–Crippen MR) is 139 cm³/mol. The van der Waals surface area contributed by atoms with Crippen LogP contribution in [0, 0.1) is 0 Å². The Labute approximate surface area is 206 Å². The number of allylic oxidation sites excluding steroid dienone is 7. The number of alkyl halides is 3. The quantitative estimate of drug-likeness (QED) is 0.327. The highest BCUT2D eigenvalue weighted by atomic mass is 32.2. The Hall–Kier alpha value is -2.25. The number of aliphatic imine (C=N–C) groups is 1. The lowest BCUT2D eigenvalue weighted by atomic mass is 10.1. The minimum absolute atomic E-state index is 0.196. The summed E-state index contributed by atoms with van der Waals surface area (Å²) in [6.07, 6.45) is 12.4.